The Balaban J connectivity index is 2.34. The first-order valence-electron chi connectivity index (χ1n) is 5.83. The van der Waals surface area contributed by atoms with E-state index in [4.69, 9.17) is 0 Å². The topological polar surface area (TPSA) is 41.9 Å². The lowest BCUT2D eigenvalue weighted by atomic mass is 10.2. The number of hydrogen-bond acceptors (Lipinski definition) is 4. The Bertz CT molecular complexity index is 513. The molecular formula is C15H14N2O2. The largest absolute Gasteiger partial charge is 0.465 e. The molecule has 0 saturated heterocycles. The van der Waals surface area contributed by atoms with E-state index in [-0.39, 0.29) is 0 Å². The SMILES string of the molecule is COC(=O)C=NN(c1ccccc1)c1ccccc1. The van der Waals surface area contributed by atoms with Gasteiger partial charge >= 0.3 is 5.97 Å². The zero-order chi connectivity index (χ0) is 13.5. The molecule has 0 bridgehead atoms. The van der Waals surface area contributed by atoms with Crippen LogP contribution in [0, 0.1) is 0 Å². The molecule has 0 aromatic heterocycles. The van der Waals surface area contributed by atoms with E-state index >= 15 is 0 Å². The molecule has 0 heterocycles. The predicted octanol–water partition coefficient (Wildman–Crippen LogP) is 2.98. The molecule has 0 aliphatic heterocycles. The van der Waals surface area contributed by atoms with Gasteiger partial charge in [0.2, 0.25) is 0 Å². The maximum Gasteiger partial charge on any atom is 0.350 e. The average molecular weight is 254 g/mol. The van der Waals surface area contributed by atoms with Crippen LogP contribution in [0.3, 0.4) is 0 Å². The van der Waals surface area contributed by atoms with Crippen molar-refractivity contribution in [2.45, 2.75) is 0 Å². The number of hydrogen-bond donors (Lipinski definition) is 0. The van der Waals surface area contributed by atoms with E-state index in [0.29, 0.717) is 0 Å². The smallest absolute Gasteiger partial charge is 0.350 e. The Morgan fingerprint density at radius 2 is 1.47 bits per heavy atom. The van der Waals surface area contributed by atoms with Gasteiger partial charge in [0.25, 0.3) is 0 Å². The third-order valence-corrected chi connectivity index (χ3v) is 2.48. The van der Waals surface area contributed by atoms with Gasteiger partial charge in [-0.2, -0.15) is 5.10 Å². The molecule has 0 fully saturated rings. The number of esters is 1. The third-order valence-electron chi connectivity index (χ3n) is 2.48. The second kappa shape index (κ2) is 6.35. The van der Waals surface area contributed by atoms with E-state index in [1.165, 1.54) is 7.11 Å². The normalized spacial score (nSPS) is 10.4. The van der Waals surface area contributed by atoms with Crippen molar-refractivity contribution in [3.8, 4) is 0 Å². The summed E-state index contributed by atoms with van der Waals surface area (Å²) >= 11 is 0. The molecule has 0 spiro atoms. The standard InChI is InChI=1S/C15H14N2O2/c1-19-15(18)12-16-17(13-8-4-2-5-9-13)14-10-6-3-7-11-14/h2-12H,1H3. The van der Waals surface area contributed by atoms with Gasteiger partial charge in [-0.15, -0.1) is 0 Å². The lowest BCUT2D eigenvalue weighted by Gasteiger charge is -2.18. The summed E-state index contributed by atoms with van der Waals surface area (Å²) < 4.78 is 4.56. The van der Waals surface area contributed by atoms with Crippen molar-refractivity contribution < 1.29 is 9.53 Å². The molecule has 2 aromatic carbocycles. The first-order chi connectivity index (χ1) is 9.31. The molecule has 0 unspecified atom stereocenters. The van der Waals surface area contributed by atoms with Crippen molar-refractivity contribution >= 4 is 23.6 Å². The second-order valence-electron chi connectivity index (χ2n) is 3.75. The number of rotatable bonds is 4. The first kappa shape index (κ1) is 12.8. The first-order valence-corrected chi connectivity index (χ1v) is 5.83. The highest BCUT2D eigenvalue weighted by atomic mass is 16.5. The van der Waals surface area contributed by atoms with Crippen LogP contribution in [-0.2, 0) is 9.53 Å². The lowest BCUT2D eigenvalue weighted by Crippen LogP contribution is -2.12. The fraction of sp³-hybridized carbons (Fsp3) is 0.0667. The van der Waals surface area contributed by atoms with E-state index in [2.05, 4.69) is 9.84 Å². The van der Waals surface area contributed by atoms with Gasteiger partial charge in [-0.3, -0.25) is 0 Å². The van der Waals surface area contributed by atoms with E-state index in [0.717, 1.165) is 17.6 Å². The fourth-order valence-corrected chi connectivity index (χ4v) is 1.58. The monoisotopic (exact) mass is 254 g/mol. The maximum absolute atomic E-state index is 11.2. The van der Waals surface area contributed by atoms with Crippen molar-refractivity contribution in [2.24, 2.45) is 5.10 Å². The van der Waals surface area contributed by atoms with Gasteiger partial charge in [0.15, 0.2) is 0 Å². The molecule has 0 saturated carbocycles. The Morgan fingerprint density at radius 3 is 1.89 bits per heavy atom. The van der Waals surface area contributed by atoms with Crippen LogP contribution in [0.15, 0.2) is 65.8 Å². The summed E-state index contributed by atoms with van der Waals surface area (Å²) in [7, 11) is 1.32. The van der Waals surface area contributed by atoms with Gasteiger partial charge in [-0.25, -0.2) is 9.80 Å². The van der Waals surface area contributed by atoms with Crippen LogP contribution < -0.4 is 5.01 Å². The minimum atomic E-state index is -0.489. The van der Waals surface area contributed by atoms with Crippen molar-refractivity contribution in [3.63, 3.8) is 0 Å². The highest BCUT2D eigenvalue weighted by molar-refractivity contribution is 6.23. The third kappa shape index (κ3) is 3.42. The average Bonchev–Trinajstić information content (AvgIpc) is 2.49. The Labute approximate surface area is 111 Å². The minimum Gasteiger partial charge on any atom is -0.465 e. The molecule has 0 aliphatic carbocycles. The number of carbonyl (C=O) groups excluding carboxylic acids is 1. The molecule has 19 heavy (non-hydrogen) atoms. The number of benzene rings is 2. The summed E-state index contributed by atoms with van der Waals surface area (Å²) in [6.07, 6.45) is 1.15. The summed E-state index contributed by atoms with van der Waals surface area (Å²) in [5.74, 6) is -0.489. The predicted molar refractivity (Wildman–Crippen MR) is 75.5 cm³/mol. The summed E-state index contributed by atoms with van der Waals surface area (Å²) in [5, 5.41) is 5.85. The van der Waals surface area contributed by atoms with Gasteiger partial charge in [-0.05, 0) is 24.3 Å². The van der Waals surface area contributed by atoms with Crippen LogP contribution in [-0.4, -0.2) is 19.3 Å². The highest BCUT2D eigenvalue weighted by Gasteiger charge is 2.07. The van der Waals surface area contributed by atoms with E-state index in [1.54, 1.807) is 5.01 Å². The maximum atomic E-state index is 11.2. The van der Waals surface area contributed by atoms with Crippen LogP contribution in [0.1, 0.15) is 0 Å². The molecular weight excluding hydrogens is 240 g/mol. The van der Waals surface area contributed by atoms with Gasteiger partial charge in [0.05, 0.1) is 18.5 Å². The Morgan fingerprint density at radius 1 is 1.00 bits per heavy atom. The number of ether oxygens (including phenoxy) is 1. The van der Waals surface area contributed by atoms with Crippen molar-refractivity contribution in [3.05, 3.63) is 60.7 Å². The molecule has 0 aliphatic rings. The van der Waals surface area contributed by atoms with Gasteiger partial charge in [0, 0.05) is 0 Å². The Hall–Kier alpha value is -2.62. The summed E-state index contributed by atoms with van der Waals surface area (Å²) in [6, 6.07) is 19.2. The van der Waals surface area contributed by atoms with Gasteiger partial charge < -0.3 is 4.74 Å². The van der Waals surface area contributed by atoms with E-state index < -0.39 is 5.97 Å². The fourth-order valence-electron chi connectivity index (χ4n) is 1.58. The Kier molecular flexibility index (Phi) is 4.29. The van der Waals surface area contributed by atoms with Crippen LogP contribution >= 0.6 is 0 Å². The van der Waals surface area contributed by atoms with Crippen molar-refractivity contribution in [1.82, 2.24) is 0 Å². The molecule has 0 N–H and O–H groups in total. The summed E-state index contributed by atoms with van der Waals surface area (Å²) in [5.41, 5.74) is 1.74. The number of anilines is 2. The molecule has 2 rings (SSSR count). The summed E-state index contributed by atoms with van der Waals surface area (Å²) in [6.45, 7) is 0. The van der Waals surface area contributed by atoms with Crippen molar-refractivity contribution in [2.75, 3.05) is 12.1 Å². The number of carbonyl (C=O) groups is 1. The molecule has 96 valence electrons. The van der Waals surface area contributed by atoms with Crippen LogP contribution in [0.2, 0.25) is 0 Å². The van der Waals surface area contributed by atoms with Gasteiger partial charge in [-0.1, -0.05) is 36.4 Å². The zero-order valence-electron chi connectivity index (χ0n) is 10.6. The quantitative estimate of drug-likeness (QED) is 0.478. The van der Waals surface area contributed by atoms with Crippen LogP contribution in [0.5, 0.6) is 0 Å². The number of hydrazone groups is 1. The zero-order valence-corrected chi connectivity index (χ0v) is 10.6. The lowest BCUT2D eigenvalue weighted by molar-refractivity contribution is -0.132. The number of methoxy groups -OCH3 is 1. The minimum absolute atomic E-state index is 0.489. The van der Waals surface area contributed by atoms with E-state index in [1.807, 2.05) is 60.7 Å². The highest BCUT2D eigenvalue weighted by Crippen LogP contribution is 2.24. The molecule has 0 radical (unpaired) electrons. The molecule has 4 nitrogen and oxygen atoms in total. The number of para-hydroxylation sites is 2. The molecule has 4 heteroatoms. The van der Waals surface area contributed by atoms with Crippen molar-refractivity contribution in [1.29, 1.82) is 0 Å². The van der Waals surface area contributed by atoms with Gasteiger partial charge in [0.1, 0.15) is 6.21 Å². The molecule has 0 atom stereocenters. The van der Waals surface area contributed by atoms with Crippen LogP contribution in [0.25, 0.3) is 0 Å². The molecule has 2 aromatic rings. The second-order valence-corrected chi connectivity index (χ2v) is 3.75. The van der Waals surface area contributed by atoms with E-state index in [9.17, 15) is 4.79 Å². The van der Waals surface area contributed by atoms with Crippen LogP contribution in [0.4, 0.5) is 11.4 Å². The molecule has 0 amide bonds. The summed E-state index contributed by atoms with van der Waals surface area (Å²) in [4.78, 5) is 11.2. The number of nitrogens with zero attached hydrogens (tertiary/aromatic N) is 2.